The van der Waals surface area contributed by atoms with Crippen molar-refractivity contribution < 1.29 is 14.2 Å². The lowest BCUT2D eigenvalue weighted by Crippen LogP contribution is -2.46. The van der Waals surface area contributed by atoms with E-state index in [1.165, 1.54) is 5.56 Å². The Balaban J connectivity index is 1.41. The van der Waals surface area contributed by atoms with Gasteiger partial charge in [-0.1, -0.05) is 42.3 Å². The molecule has 1 unspecified atom stereocenters. The second kappa shape index (κ2) is 6.41. The van der Waals surface area contributed by atoms with Gasteiger partial charge in [-0.05, 0) is 23.6 Å². The van der Waals surface area contributed by atoms with Crippen molar-refractivity contribution in [1.82, 2.24) is 4.90 Å². The van der Waals surface area contributed by atoms with Gasteiger partial charge >= 0.3 is 0 Å². The Labute approximate surface area is 152 Å². The molecule has 2 amide bonds. The Morgan fingerprint density at radius 1 is 0.923 bits per heavy atom. The van der Waals surface area contributed by atoms with Crippen LogP contribution in [0.5, 0.6) is 0 Å². The number of carbonyl (C=O) groups is 2. The van der Waals surface area contributed by atoms with Crippen molar-refractivity contribution in [2.75, 3.05) is 19.6 Å². The quantitative estimate of drug-likeness (QED) is 0.363. The number of imide groups is 1. The van der Waals surface area contributed by atoms with Crippen LogP contribution in [0.15, 0.2) is 48.5 Å². The summed E-state index contributed by atoms with van der Waals surface area (Å²) in [4.78, 5) is 25.7. The van der Waals surface area contributed by atoms with Crippen molar-refractivity contribution in [1.29, 1.82) is 0 Å². The van der Waals surface area contributed by atoms with Gasteiger partial charge in [-0.2, -0.15) is 0 Å². The Morgan fingerprint density at radius 2 is 1.54 bits per heavy atom. The largest absolute Gasteiger partial charge is 0.632 e. The average Bonchev–Trinajstić information content (AvgIpc) is 2.90. The number of nitrogens with zero attached hydrogens (tertiary/aromatic N) is 2. The molecule has 2 heterocycles. The van der Waals surface area contributed by atoms with Gasteiger partial charge in [0.25, 0.3) is 11.8 Å². The molecule has 0 fully saturated rings. The van der Waals surface area contributed by atoms with Gasteiger partial charge in [0.2, 0.25) is 0 Å². The van der Waals surface area contributed by atoms with E-state index in [9.17, 15) is 14.8 Å². The lowest BCUT2D eigenvalue weighted by molar-refractivity contribution is -0.889. The van der Waals surface area contributed by atoms with Gasteiger partial charge in [-0.25, -0.2) is 0 Å². The molecular formula is C21H18N2O3. The Morgan fingerprint density at radius 3 is 2.23 bits per heavy atom. The Kier molecular flexibility index (Phi) is 4.08. The molecule has 0 aliphatic carbocycles. The van der Waals surface area contributed by atoms with E-state index >= 15 is 0 Å². The first-order valence-electron chi connectivity index (χ1n) is 8.62. The summed E-state index contributed by atoms with van der Waals surface area (Å²) in [6.45, 7) is 1.09. The summed E-state index contributed by atoms with van der Waals surface area (Å²) in [5.41, 5.74) is 3.14. The van der Waals surface area contributed by atoms with Crippen LogP contribution in [-0.4, -0.2) is 41.0 Å². The lowest BCUT2D eigenvalue weighted by atomic mass is 9.99. The molecule has 5 nitrogen and oxygen atoms in total. The first kappa shape index (κ1) is 16.5. The minimum Gasteiger partial charge on any atom is -0.632 e. The molecule has 2 aliphatic rings. The SMILES string of the molecule is O=C1c2ccccc2C(=O)N1CC#CC[N+]1([O-])CCc2ccccc2C1. The second-order valence-electron chi connectivity index (χ2n) is 6.71. The summed E-state index contributed by atoms with van der Waals surface area (Å²) in [5.74, 6) is 5.08. The van der Waals surface area contributed by atoms with E-state index in [0.717, 1.165) is 16.9 Å². The molecule has 4 rings (SSSR count). The zero-order valence-corrected chi connectivity index (χ0v) is 14.3. The van der Waals surface area contributed by atoms with Crippen molar-refractivity contribution in [3.63, 3.8) is 0 Å². The van der Waals surface area contributed by atoms with Crippen LogP contribution in [0, 0.1) is 17.0 Å². The summed E-state index contributed by atoms with van der Waals surface area (Å²) in [6.07, 6.45) is 0.750. The first-order valence-corrected chi connectivity index (χ1v) is 8.62. The summed E-state index contributed by atoms with van der Waals surface area (Å²) in [6, 6.07) is 14.8. The highest BCUT2D eigenvalue weighted by Gasteiger charge is 2.34. The topological polar surface area (TPSA) is 60.4 Å². The molecule has 0 aromatic heterocycles. The zero-order chi connectivity index (χ0) is 18.1. The summed E-state index contributed by atoms with van der Waals surface area (Å²) < 4.78 is -0.383. The number of carbonyl (C=O) groups excluding carboxylic acids is 2. The molecule has 0 radical (unpaired) electrons. The maximum Gasteiger partial charge on any atom is 0.262 e. The van der Waals surface area contributed by atoms with Gasteiger partial charge in [0.15, 0.2) is 0 Å². The van der Waals surface area contributed by atoms with Crippen LogP contribution in [0.4, 0.5) is 0 Å². The number of quaternary nitrogens is 1. The fraction of sp³-hybridized carbons (Fsp3) is 0.238. The summed E-state index contributed by atoms with van der Waals surface area (Å²) >= 11 is 0. The van der Waals surface area contributed by atoms with Crippen LogP contribution >= 0.6 is 0 Å². The lowest BCUT2D eigenvalue weighted by Gasteiger charge is -2.44. The molecule has 5 heteroatoms. The van der Waals surface area contributed by atoms with E-state index in [-0.39, 0.29) is 29.6 Å². The van der Waals surface area contributed by atoms with E-state index < -0.39 is 0 Å². The molecule has 1 atom stereocenters. The number of amides is 2. The van der Waals surface area contributed by atoms with Gasteiger partial charge in [0.1, 0.15) is 13.1 Å². The third-order valence-corrected chi connectivity index (χ3v) is 4.97. The fourth-order valence-electron chi connectivity index (χ4n) is 3.52. The molecule has 0 spiro atoms. The van der Waals surface area contributed by atoms with E-state index in [2.05, 4.69) is 17.9 Å². The Hall–Kier alpha value is -2.94. The molecule has 2 aromatic carbocycles. The monoisotopic (exact) mass is 346 g/mol. The molecule has 2 aliphatic heterocycles. The van der Waals surface area contributed by atoms with Gasteiger partial charge < -0.3 is 9.85 Å². The molecule has 130 valence electrons. The second-order valence-corrected chi connectivity index (χ2v) is 6.71. The first-order chi connectivity index (χ1) is 12.6. The van der Waals surface area contributed by atoms with E-state index in [4.69, 9.17) is 0 Å². The standard InChI is InChI=1S/C21H18N2O3/c24-20-18-9-3-4-10-19(18)21(25)22(20)12-5-6-13-23(26)14-11-16-7-1-2-8-17(16)15-23/h1-4,7-10H,11-15H2. The highest BCUT2D eigenvalue weighted by Crippen LogP contribution is 2.24. The molecular weight excluding hydrogens is 328 g/mol. The fourth-order valence-corrected chi connectivity index (χ4v) is 3.52. The number of benzene rings is 2. The molecule has 0 N–H and O–H groups in total. The van der Waals surface area contributed by atoms with Crippen LogP contribution < -0.4 is 0 Å². The average molecular weight is 346 g/mol. The highest BCUT2D eigenvalue weighted by molar-refractivity contribution is 6.21. The number of hydroxylamine groups is 3. The van der Waals surface area contributed by atoms with Crippen LogP contribution in [0.3, 0.4) is 0 Å². The predicted molar refractivity (Wildman–Crippen MR) is 96.8 cm³/mol. The van der Waals surface area contributed by atoms with E-state index in [0.29, 0.717) is 24.2 Å². The van der Waals surface area contributed by atoms with E-state index in [1.54, 1.807) is 24.3 Å². The minimum absolute atomic E-state index is 0.0168. The van der Waals surface area contributed by atoms with Gasteiger partial charge in [0, 0.05) is 12.0 Å². The normalized spacial score (nSPS) is 21.0. The zero-order valence-electron chi connectivity index (χ0n) is 14.3. The Bertz CT molecular complexity index is 922. The molecule has 0 saturated carbocycles. The molecule has 2 aromatic rings. The van der Waals surface area contributed by atoms with E-state index in [1.807, 2.05) is 18.2 Å². The maximum absolute atomic E-state index is 12.9. The molecule has 0 saturated heterocycles. The van der Waals surface area contributed by atoms with Crippen molar-refractivity contribution in [3.05, 3.63) is 76.0 Å². The number of hydrogen-bond donors (Lipinski definition) is 0. The van der Waals surface area contributed by atoms with Crippen LogP contribution in [0.25, 0.3) is 0 Å². The van der Waals surface area contributed by atoms with Crippen molar-refractivity contribution in [3.8, 4) is 11.8 Å². The maximum atomic E-state index is 12.9. The third-order valence-electron chi connectivity index (χ3n) is 4.97. The van der Waals surface area contributed by atoms with Crippen LogP contribution in [0.1, 0.15) is 31.8 Å². The highest BCUT2D eigenvalue weighted by atomic mass is 16.5. The van der Waals surface area contributed by atoms with Gasteiger partial charge in [-0.3, -0.25) is 14.5 Å². The van der Waals surface area contributed by atoms with Crippen LogP contribution in [0.2, 0.25) is 0 Å². The van der Waals surface area contributed by atoms with Gasteiger partial charge in [0.05, 0.1) is 24.2 Å². The third kappa shape index (κ3) is 2.90. The smallest absolute Gasteiger partial charge is 0.262 e. The predicted octanol–water partition coefficient (Wildman–Crippen LogP) is 2.36. The van der Waals surface area contributed by atoms with Crippen molar-refractivity contribution in [2.45, 2.75) is 13.0 Å². The van der Waals surface area contributed by atoms with Crippen molar-refractivity contribution in [2.24, 2.45) is 0 Å². The number of fused-ring (bicyclic) bond motifs is 2. The summed E-state index contributed by atoms with van der Waals surface area (Å²) in [7, 11) is 0. The minimum atomic E-state index is -0.383. The summed E-state index contributed by atoms with van der Waals surface area (Å²) in [5, 5.41) is 12.9. The number of rotatable bonds is 2. The van der Waals surface area contributed by atoms with Crippen molar-refractivity contribution >= 4 is 11.8 Å². The molecule has 26 heavy (non-hydrogen) atoms. The van der Waals surface area contributed by atoms with Gasteiger partial charge in [-0.15, -0.1) is 0 Å². The van der Waals surface area contributed by atoms with Crippen LogP contribution in [-0.2, 0) is 13.0 Å². The number of hydrogen-bond acceptors (Lipinski definition) is 3. The molecule has 0 bridgehead atoms.